The topological polar surface area (TPSA) is 56.3 Å². The molecule has 0 radical (unpaired) electrons. The predicted molar refractivity (Wildman–Crippen MR) is 81.2 cm³/mol. The van der Waals surface area contributed by atoms with E-state index in [0.29, 0.717) is 15.0 Å². The molecule has 2 aromatic rings. The third-order valence-corrected chi connectivity index (χ3v) is 4.42. The summed E-state index contributed by atoms with van der Waals surface area (Å²) in [5.41, 5.74) is 0.611. The maximum atomic E-state index is 13.1. The number of esters is 1. The molecular formula is C14H11BrFNO3S. The number of carbonyl (C=O) groups is 2. The van der Waals surface area contributed by atoms with Crippen molar-refractivity contribution < 1.29 is 18.7 Å². The van der Waals surface area contributed by atoms with E-state index in [4.69, 9.17) is 4.74 Å². The summed E-state index contributed by atoms with van der Waals surface area (Å²) in [5, 5.41) is 0.454. The van der Waals surface area contributed by atoms with Crippen molar-refractivity contribution >= 4 is 39.0 Å². The molecule has 0 saturated carbocycles. The summed E-state index contributed by atoms with van der Waals surface area (Å²) < 4.78 is 18.5. The third-order valence-electron chi connectivity index (χ3n) is 2.58. The van der Waals surface area contributed by atoms with Crippen LogP contribution >= 0.6 is 27.3 Å². The maximum absolute atomic E-state index is 13.1. The zero-order valence-electron chi connectivity index (χ0n) is 11.3. The molecule has 0 bridgehead atoms. The van der Waals surface area contributed by atoms with E-state index < -0.39 is 5.97 Å². The van der Waals surface area contributed by atoms with E-state index >= 15 is 0 Å². The van der Waals surface area contributed by atoms with Gasteiger partial charge < -0.3 is 4.74 Å². The quantitative estimate of drug-likeness (QED) is 0.599. The first-order valence-corrected chi connectivity index (χ1v) is 7.69. The van der Waals surface area contributed by atoms with E-state index in [1.54, 1.807) is 6.92 Å². The molecule has 0 aliphatic carbocycles. The van der Waals surface area contributed by atoms with Crippen LogP contribution in [0.25, 0.3) is 10.6 Å². The molecule has 1 aromatic heterocycles. The fourth-order valence-electron chi connectivity index (χ4n) is 1.67. The Balaban J connectivity index is 2.53. The molecule has 110 valence electrons. The standard InChI is InChI=1S/C14H11BrFNO3S/c1-3-20-14(19)11-12(7(2)18)21-13(17-11)9-5-4-8(16)6-10(9)15/h4-6H,3H2,1-2H3. The van der Waals surface area contributed by atoms with Crippen LogP contribution in [0.4, 0.5) is 4.39 Å². The van der Waals surface area contributed by atoms with Crippen molar-refractivity contribution in [2.45, 2.75) is 13.8 Å². The van der Waals surface area contributed by atoms with Gasteiger partial charge in [-0.2, -0.15) is 0 Å². The van der Waals surface area contributed by atoms with Gasteiger partial charge in [-0.3, -0.25) is 4.79 Å². The second-order valence-corrected chi connectivity index (χ2v) is 5.95. The minimum atomic E-state index is -0.636. The van der Waals surface area contributed by atoms with Gasteiger partial charge in [-0.15, -0.1) is 11.3 Å². The molecule has 0 unspecified atom stereocenters. The van der Waals surface area contributed by atoms with E-state index in [1.807, 2.05) is 0 Å². The van der Waals surface area contributed by atoms with Gasteiger partial charge >= 0.3 is 5.97 Å². The summed E-state index contributed by atoms with van der Waals surface area (Å²) >= 11 is 4.33. The highest BCUT2D eigenvalue weighted by molar-refractivity contribution is 9.10. The lowest BCUT2D eigenvalue weighted by molar-refractivity contribution is 0.0517. The monoisotopic (exact) mass is 371 g/mol. The molecule has 21 heavy (non-hydrogen) atoms. The van der Waals surface area contributed by atoms with Crippen LogP contribution in [0.2, 0.25) is 0 Å². The summed E-state index contributed by atoms with van der Waals surface area (Å²) in [6.07, 6.45) is 0. The molecular weight excluding hydrogens is 361 g/mol. The highest BCUT2D eigenvalue weighted by Gasteiger charge is 2.23. The molecule has 2 rings (SSSR count). The number of Topliss-reactive ketones (excluding diaryl/α,β-unsaturated/α-hetero) is 1. The summed E-state index contributed by atoms with van der Waals surface area (Å²) in [6.45, 7) is 3.23. The molecule has 7 heteroatoms. The Morgan fingerprint density at radius 3 is 2.71 bits per heavy atom. The Morgan fingerprint density at radius 2 is 2.14 bits per heavy atom. The molecule has 0 fully saturated rings. The van der Waals surface area contributed by atoms with Crippen LogP contribution in [0, 0.1) is 5.82 Å². The maximum Gasteiger partial charge on any atom is 0.358 e. The van der Waals surface area contributed by atoms with Gasteiger partial charge in [-0.25, -0.2) is 14.2 Å². The number of aromatic nitrogens is 1. The predicted octanol–water partition coefficient (Wildman–Crippen LogP) is 4.09. The minimum Gasteiger partial charge on any atom is -0.461 e. The first-order valence-electron chi connectivity index (χ1n) is 6.08. The van der Waals surface area contributed by atoms with E-state index in [1.165, 1.54) is 25.1 Å². The summed E-state index contributed by atoms with van der Waals surface area (Å²) in [6, 6.07) is 4.13. The molecule has 1 heterocycles. The van der Waals surface area contributed by atoms with E-state index in [9.17, 15) is 14.0 Å². The van der Waals surface area contributed by atoms with Crippen molar-refractivity contribution in [1.82, 2.24) is 4.98 Å². The van der Waals surface area contributed by atoms with Crippen LogP contribution in [0.3, 0.4) is 0 Å². The Labute approximate surface area is 133 Å². The van der Waals surface area contributed by atoms with Gasteiger partial charge in [-0.1, -0.05) is 0 Å². The molecule has 0 spiro atoms. The minimum absolute atomic E-state index is 0.000532. The van der Waals surface area contributed by atoms with Crippen molar-refractivity contribution in [3.05, 3.63) is 39.1 Å². The number of benzene rings is 1. The van der Waals surface area contributed by atoms with Gasteiger partial charge in [0.15, 0.2) is 11.5 Å². The molecule has 4 nitrogen and oxygen atoms in total. The Bertz CT molecular complexity index is 714. The highest BCUT2D eigenvalue weighted by Crippen LogP contribution is 2.34. The molecule has 0 amide bonds. The zero-order chi connectivity index (χ0) is 15.6. The van der Waals surface area contributed by atoms with Crippen LogP contribution in [-0.2, 0) is 4.74 Å². The molecule has 0 aliphatic rings. The number of ether oxygens (including phenoxy) is 1. The average molecular weight is 372 g/mol. The van der Waals surface area contributed by atoms with Crippen molar-refractivity contribution in [2.24, 2.45) is 0 Å². The number of hydrogen-bond acceptors (Lipinski definition) is 5. The van der Waals surface area contributed by atoms with Gasteiger partial charge in [0, 0.05) is 17.0 Å². The highest BCUT2D eigenvalue weighted by atomic mass is 79.9. The Kier molecular flexibility index (Phi) is 4.84. The number of halogens is 2. The van der Waals surface area contributed by atoms with Crippen molar-refractivity contribution in [2.75, 3.05) is 6.61 Å². The van der Waals surface area contributed by atoms with Crippen LogP contribution in [-0.4, -0.2) is 23.3 Å². The van der Waals surface area contributed by atoms with Gasteiger partial charge in [-0.05, 0) is 41.1 Å². The van der Waals surface area contributed by atoms with E-state index in [0.717, 1.165) is 11.3 Å². The number of rotatable bonds is 4. The van der Waals surface area contributed by atoms with Crippen molar-refractivity contribution in [3.63, 3.8) is 0 Å². The summed E-state index contributed by atoms with van der Waals surface area (Å²) in [7, 11) is 0. The Hall–Kier alpha value is -1.60. The first kappa shape index (κ1) is 15.8. The number of ketones is 1. The average Bonchev–Trinajstić information content (AvgIpc) is 2.84. The SMILES string of the molecule is CCOC(=O)c1nc(-c2ccc(F)cc2Br)sc1C(C)=O. The zero-order valence-corrected chi connectivity index (χ0v) is 13.7. The second-order valence-electron chi connectivity index (χ2n) is 4.10. The molecule has 0 aliphatic heterocycles. The molecule has 1 aromatic carbocycles. The van der Waals surface area contributed by atoms with Crippen LogP contribution in [0.5, 0.6) is 0 Å². The van der Waals surface area contributed by atoms with Crippen LogP contribution < -0.4 is 0 Å². The number of thiazole rings is 1. The van der Waals surface area contributed by atoms with Gasteiger partial charge in [0.25, 0.3) is 0 Å². The lowest BCUT2D eigenvalue weighted by atomic mass is 10.2. The van der Waals surface area contributed by atoms with Crippen molar-refractivity contribution in [3.8, 4) is 10.6 Å². The molecule has 0 atom stereocenters. The van der Waals surface area contributed by atoms with Crippen LogP contribution in [0.15, 0.2) is 22.7 Å². The second kappa shape index (κ2) is 6.44. The summed E-state index contributed by atoms with van der Waals surface area (Å²) in [5.74, 6) is -1.29. The normalized spacial score (nSPS) is 10.5. The smallest absolute Gasteiger partial charge is 0.358 e. The Morgan fingerprint density at radius 1 is 1.43 bits per heavy atom. The molecule has 0 saturated heterocycles. The number of nitrogens with zero attached hydrogens (tertiary/aromatic N) is 1. The fourth-order valence-corrected chi connectivity index (χ4v) is 3.33. The van der Waals surface area contributed by atoms with E-state index in [2.05, 4.69) is 20.9 Å². The van der Waals surface area contributed by atoms with Gasteiger partial charge in [0.2, 0.25) is 0 Å². The van der Waals surface area contributed by atoms with Crippen molar-refractivity contribution in [1.29, 1.82) is 0 Å². The largest absolute Gasteiger partial charge is 0.461 e. The third kappa shape index (κ3) is 3.36. The molecule has 0 N–H and O–H groups in total. The lowest BCUT2D eigenvalue weighted by Crippen LogP contribution is -2.09. The van der Waals surface area contributed by atoms with Gasteiger partial charge in [0.05, 0.1) is 6.61 Å². The number of carbonyl (C=O) groups excluding carboxylic acids is 2. The summed E-state index contributed by atoms with van der Waals surface area (Å²) in [4.78, 5) is 27.9. The van der Waals surface area contributed by atoms with Gasteiger partial charge in [0.1, 0.15) is 15.7 Å². The van der Waals surface area contributed by atoms with E-state index in [-0.39, 0.29) is 28.8 Å². The lowest BCUT2D eigenvalue weighted by Gasteiger charge is -2.00. The number of hydrogen-bond donors (Lipinski definition) is 0. The fraction of sp³-hybridized carbons (Fsp3) is 0.214. The first-order chi connectivity index (χ1) is 9.93. The van der Waals surface area contributed by atoms with Crippen LogP contribution in [0.1, 0.15) is 34.0 Å².